The molecule has 62 heavy (non-hydrogen) atoms. The van der Waals surface area contributed by atoms with Gasteiger partial charge in [0.2, 0.25) is 0 Å². The first-order valence-electron chi connectivity index (χ1n) is 21.3. The van der Waals surface area contributed by atoms with Crippen LogP contribution in [0.2, 0.25) is 0 Å². The van der Waals surface area contributed by atoms with E-state index in [9.17, 15) is 0 Å². The molecule has 0 aliphatic heterocycles. The van der Waals surface area contributed by atoms with Gasteiger partial charge in [-0.05, 0) is 96.2 Å². The van der Waals surface area contributed by atoms with E-state index in [1.165, 1.54) is 91.4 Å². The normalized spacial score (nSPS) is 11.5. The summed E-state index contributed by atoms with van der Waals surface area (Å²) >= 11 is 1.87. The molecule has 0 unspecified atom stereocenters. The number of nitrogens with zero attached hydrogens (tertiary/aromatic N) is 1. The zero-order valence-electron chi connectivity index (χ0n) is 33.9. The van der Waals surface area contributed by atoms with E-state index in [0.717, 1.165) is 22.6 Å². The van der Waals surface area contributed by atoms with Gasteiger partial charge >= 0.3 is 0 Å². The molecule has 0 aliphatic rings. The summed E-state index contributed by atoms with van der Waals surface area (Å²) in [7, 11) is 0. The standard InChI is InChI=1S/C60H39NS/c1-4-19-40(20-5-1)44-37-38-55(49-28-12-10-26-46(44)49)61(56-33-18-31-52-50-29-15-17-34-57(50)62-60(52)56)54-32-16-14-25-45(54)43-35-36-48-47-27-11-13-30-51(47)58(41-21-6-2-7-22-41)59(53(48)39-43)42-23-8-3-9-24-42/h1-39H. The quantitative estimate of drug-likeness (QED) is 0.145. The van der Waals surface area contributed by atoms with Gasteiger partial charge in [0.25, 0.3) is 0 Å². The van der Waals surface area contributed by atoms with Crippen molar-refractivity contribution in [3.8, 4) is 44.5 Å². The van der Waals surface area contributed by atoms with E-state index in [1.54, 1.807) is 0 Å². The van der Waals surface area contributed by atoms with Gasteiger partial charge in [0.05, 0.1) is 21.8 Å². The maximum Gasteiger partial charge on any atom is 0.0640 e. The zero-order chi connectivity index (χ0) is 41.0. The lowest BCUT2D eigenvalue weighted by molar-refractivity contribution is 1.32. The van der Waals surface area contributed by atoms with E-state index in [2.05, 4.69) is 241 Å². The maximum atomic E-state index is 2.53. The Balaban J connectivity index is 1.16. The second-order valence-corrected chi connectivity index (χ2v) is 17.0. The van der Waals surface area contributed by atoms with Crippen molar-refractivity contribution in [1.29, 1.82) is 0 Å². The molecule has 0 amide bonds. The molecule has 0 radical (unpaired) electrons. The minimum atomic E-state index is 1.12. The van der Waals surface area contributed by atoms with Crippen molar-refractivity contribution in [2.45, 2.75) is 0 Å². The van der Waals surface area contributed by atoms with Crippen molar-refractivity contribution in [3.63, 3.8) is 0 Å². The fraction of sp³-hybridized carbons (Fsp3) is 0. The minimum absolute atomic E-state index is 1.12. The Kier molecular flexibility index (Phi) is 8.76. The summed E-state index contributed by atoms with van der Waals surface area (Å²) in [4.78, 5) is 2.53. The van der Waals surface area contributed by atoms with Crippen molar-refractivity contribution < 1.29 is 0 Å². The molecule has 1 nitrogen and oxygen atoms in total. The number of para-hydroxylation sites is 1. The van der Waals surface area contributed by atoms with Crippen molar-refractivity contribution in [3.05, 3.63) is 237 Å². The smallest absolute Gasteiger partial charge is 0.0640 e. The van der Waals surface area contributed by atoms with Crippen molar-refractivity contribution in [1.82, 2.24) is 0 Å². The predicted molar refractivity (Wildman–Crippen MR) is 268 cm³/mol. The van der Waals surface area contributed by atoms with Crippen LogP contribution < -0.4 is 4.90 Å². The lowest BCUT2D eigenvalue weighted by Crippen LogP contribution is -2.12. The summed E-state index contributed by atoms with van der Waals surface area (Å²) in [5.41, 5.74) is 13.1. The van der Waals surface area contributed by atoms with Gasteiger partial charge in [0, 0.05) is 26.4 Å². The number of hydrogen-bond acceptors (Lipinski definition) is 2. The van der Waals surface area contributed by atoms with Crippen LogP contribution >= 0.6 is 11.3 Å². The van der Waals surface area contributed by atoms with E-state index in [-0.39, 0.29) is 0 Å². The molecule has 1 aromatic heterocycles. The fourth-order valence-corrected chi connectivity index (χ4v) is 10.9. The third-order valence-corrected chi connectivity index (χ3v) is 13.7. The van der Waals surface area contributed by atoms with Crippen molar-refractivity contribution in [2.75, 3.05) is 4.90 Å². The largest absolute Gasteiger partial charge is 0.308 e. The van der Waals surface area contributed by atoms with Crippen LogP contribution in [0.5, 0.6) is 0 Å². The van der Waals surface area contributed by atoms with Crippen LogP contribution in [0.4, 0.5) is 17.1 Å². The van der Waals surface area contributed by atoms with Crippen LogP contribution in [-0.4, -0.2) is 0 Å². The number of benzene rings is 11. The van der Waals surface area contributed by atoms with Gasteiger partial charge in [-0.2, -0.15) is 0 Å². The Bertz CT molecular complexity index is 3630. The zero-order valence-corrected chi connectivity index (χ0v) is 34.7. The van der Waals surface area contributed by atoms with Gasteiger partial charge in [-0.25, -0.2) is 0 Å². The second-order valence-electron chi connectivity index (χ2n) is 15.9. The monoisotopic (exact) mass is 805 g/mol. The third kappa shape index (κ3) is 5.91. The first-order chi connectivity index (χ1) is 30.8. The predicted octanol–water partition coefficient (Wildman–Crippen LogP) is 17.7. The van der Waals surface area contributed by atoms with Gasteiger partial charge in [-0.15, -0.1) is 11.3 Å². The number of hydrogen-bond donors (Lipinski definition) is 0. The molecule has 290 valence electrons. The Labute approximate surface area is 365 Å². The average molecular weight is 806 g/mol. The molecular weight excluding hydrogens is 767 g/mol. The summed E-state index contributed by atoms with van der Waals surface area (Å²) in [6.45, 7) is 0. The maximum absolute atomic E-state index is 2.53. The SMILES string of the molecule is c1ccc(-c2ccc(N(c3ccccc3-c3ccc4c(c3)c(-c3ccccc3)c(-c3ccccc3)c3ccccc34)c3cccc4c3sc3ccccc34)c3ccccc23)cc1. The van der Waals surface area contributed by atoms with E-state index in [0.29, 0.717) is 0 Å². The summed E-state index contributed by atoms with van der Waals surface area (Å²) in [5, 5.41) is 9.97. The molecule has 1 heterocycles. The van der Waals surface area contributed by atoms with Gasteiger partial charge in [-0.3, -0.25) is 0 Å². The molecule has 12 aromatic rings. The van der Waals surface area contributed by atoms with E-state index in [4.69, 9.17) is 0 Å². The number of thiophene rings is 1. The molecule has 0 N–H and O–H groups in total. The van der Waals surface area contributed by atoms with Crippen molar-refractivity contribution >= 4 is 80.9 Å². The summed E-state index contributed by atoms with van der Waals surface area (Å²) < 4.78 is 2.56. The molecular formula is C60H39NS. The first-order valence-corrected chi connectivity index (χ1v) is 22.1. The number of fused-ring (bicyclic) bond motifs is 7. The average Bonchev–Trinajstić information content (AvgIpc) is 3.74. The van der Waals surface area contributed by atoms with Crippen LogP contribution in [0.1, 0.15) is 0 Å². The molecule has 0 atom stereocenters. The minimum Gasteiger partial charge on any atom is -0.308 e. The summed E-state index contributed by atoms with van der Waals surface area (Å²) in [5.74, 6) is 0. The Morgan fingerprint density at radius 3 is 1.53 bits per heavy atom. The van der Waals surface area contributed by atoms with Crippen molar-refractivity contribution in [2.24, 2.45) is 0 Å². The lowest BCUT2D eigenvalue weighted by atomic mass is 9.84. The van der Waals surface area contributed by atoms with Crippen LogP contribution in [0.15, 0.2) is 237 Å². The molecule has 0 aliphatic carbocycles. The molecule has 2 heteroatoms. The highest BCUT2D eigenvalue weighted by Crippen LogP contribution is 2.51. The Morgan fingerprint density at radius 2 is 0.790 bits per heavy atom. The van der Waals surface area contributed by atoms with E-state index < -0.39 is 0 Å². The number of rotatable bonds is 7. The molecule has 0 saturated carbocycles. The first kappa shape index (κ1) is 36.1. The van der Waals surface area contributed by atoms with Gasteiger partial charge in [0.1, 0.15) is 0 Å². The third-order valence-electron chi connectivity index (χ3n) is 12.5. The summed E-state index contributed by atoms with van der Waals surface area (Å²) in [6.07, 6.45) is 0. The Hall–Kier alpha value is -7.78. The molecule has 0 saturated heterocycles. The topological polar surface area (TPSA) is 3.24 Å². The summed E-state index contributed by atoms with van der Waals surface area (Å²) in [6, 6.07) is 86.8. The van der Waals surface area contributed by atoms with Gasteiger partial charge < -0.3 is 4.90 Å². The Morgan fingerprint density at radius 1 is 0.258 bits per heavy atom. The molecule has 12 rings (SSSR count). The van der Waals surface area contributed by atoms with Crippen LogP contribution in [0.25, 0.3) is 97.0 Å². The van der Waals surface area contributed by atoms with E-state index >= 15 is 0 Å². The highest BCUT2D eigenvalue weighted by atomic mass is 32.1. The highest BCUT2D eigenvalue weighted by Gasteiger charge is 2.24. The molecule has 0 spiro atoms. The van der Waals surface area contributed by atoms with Gasteiger partial charge in [-0.1, -0.05) is 206 Å². The fourth-order valence-electron chi connectivity index (χ4n) is 9.73. The van der Waals surface area contributed by atoms with E-state index in [1.807, 2.05) is 11.3 Å². The van der Waals surface area contributed by atoms with Gasteiger partial charge in [0.15, 0.2) is 0 Å². The molecule has 11 aromatic carbocycles. The lowest BCUT2D eigenvalue weighted by Gasteiger charge is -2.30. The molecule has 0 bridgehead atoms. The second kappa shape index (κ2) is 15.0. The van der Waals surface area contributed by atoms with Crippen LogP contribution in [-0.2, 0) is 0 Å². The van der Waals surface area contributed by atoms with Crippen LogP contribution in [0.3, 0.4) is 0 Å². The molecule has 0 fully saturated rings. The van der Waals surface area contributed by atoms with Crippen LogP contribution in [0, 0.1) is 0 Å². The highest BCUT2D eigenvalue weighted by molar-refractivity contribution is 7.26. The number of anilines is 3.